The fraction of sp³-hybridized carbons (Fsp3) is 0.889. The van der Waals surface area contributed by atoms with Gasteiger partial charge in [-0.25, -0.2) is 4.57 Å². The summed E-state index contributed by atoms with van der Waals surface area (Å²) in [6.07, 6.45) is -1.38. The molecule has 0 aliphatic carbocycles. The van der Waals surface area contributed by atoms with Crippen LogP contribution in [-0.4, -0.2) is 54.7 Å². The summed E-state index contributed by atoms with van der Waals surface area (Å²) in [6, 6.07) is 0. The Morgan fingerprint density at radius 2 is 1.54 bits per heavy atom. The van der Waals surface area contributed by atoms with Crippen LogP contribution in [0.1, 0.15) is 68.7 Å². The number of rotatable bonds is 10. The quantitative estimate of drug-likeness (QED) is 0.392. The molecule has 0 rings (SSSR count). The molecule has 0 aliphatic heterocycles. The van der Waals surface area contributed by atoms with E-state index in [1.165, 1.54) is 13.8 Å². The molecule has 9 nitrogen and oxygen atoms in total. The van der Waals surface area contributed by atoms with E-state index in [0.717, 1.165) is 7.11 Å². The van der Waals surface area contributed by atoms with E-state index in [1.54, 1.807) is 6.92 Å². The minimum Gasteiger partial charge on any atom is -0.383 e. The first-order chi connectivity index (χ1) is 13.1. The molecule has 0 saturated heterocycles. The number of hydrogen-bond acceptors (Lipinski definition) is 6. The number of hydrogen-bond donors (Lipinski definition) is 4. The van der Waals surface area contributed by atoms with Gasteiger partial charge >= 0.3 is 7.82 Å². The average molecular weight is 431 g/mol. The molecule has 0 fully saturated rings. The minimum absolute atomic E-state index is 0.0786. The summed E-state index contributed by atoms with van der Waals surface area (Å²) in [5.41, 5.74) is -1.12. The first-order valence-electron chi connectivity index (χ1n) is 9.81. The smallest absolute Gasteiger partial charge is 0.383 e. The first-order valence-corrected chi connectivity index (χ1v) is 11.3. The second-order valence-electron chi connectivity index (χ2n) is 5.31. The monoisotopic (exact) mass is 430 g/mol. The summed E-state index contributed by atoms with van der Waals surface area (Å²) in [5.74, 6) is -0.899. The molecule has 0 radical (unpaired) electrons. The van der Waals surface area contributed by atoms with Gasteiger partial charge in [-0.15, -0.1) is 0 Å². The van der Waals surface area contributed by atoms with Gasteiger partial charge < -0.3 is 20.6 Å². The molecule has 0 aromatic heterocycles. The van der Waals surface area contributed by atoms with E-state index in [0.29, 0.717) is 6.54 Å². The van der Waals surface area contributed by atoms with E-state index in [-0.39, 0.29) is 25.5 Å². The molecule has 0 spiro atoms. The maximum Gasteiger partial charge on any atom is 0.471 e. The van der Waals surface area contributed by atoms with Gasteiger partial charge in [-0.3, -0.25) is 18.6 Å². The molecule has 0 saturated carbocycles. The molecule has 172 valence electrons. The van der Waals surface area contributed by atoms with Crippen LogP contribution in [0.4, 0.5) is 0 Å². The standard InChI is InChI=1S/C12H25N2O7P.3C2H6/c1-5-13-9(15)6-7-14-11(17)10(16)12(2,3)8-21-22(18,19)20-4;3*1-2/h10,16H,5-8H2,1-4H3,(H,13,15)(H,14,17)(H,18,19);3*1-2H3. The van der Waals surface area contributed by atoms with Crippen LogP contribution in [0.15, 0.2) is 0 Å². The number of carbonyl (C=O) groups excluding carboxylic acids is 2. The zero-order valence-corrected chi connectivity index (χ0v) is 20.2. The van der Waals surface area contributed by atoms with Crippen LogP contribution in [-0.2, 0) is 23.2 Å². The molecule has 0 heterocycles. The van der Waals surface area contributed by atoms with Crippen molar-refractivity contribution in [1.29, 1.82) is 0 Å². The molecule has 2 atom stereocenters. The van der Waals surface area contributed by atoms with Crippen molar-refractivity contribution in [2.45, 2.75) is 74.8 Å². The van der Waals surface area contributed by atoms with Crippen molar-refractivity contribution in [3.05, 3.63) is 0 Å². The fourth-order valence-corrected chi connectivity index (χ4v) is 2.02. The van der Waals surface area contributed by atoms with Crippen molar-refractivity contribution >= 4 is 19.6 Å². The van der Waals surface area contributed by atoms with E-state index in [2.05, 4.69) is 19.7 Å². The molecule has 10 heteroatoms. The first kappa shape index (κ1) is 34.5. The van der Waals surface area contributed by atoms with Gasteiger partial charge in [-0.05, 0) is 6.92 Å². The van der Waals surface area contributed by atoms with Gasteiger partial charge in [0.2, 0.25) is 11.8 Å². The van der Waals surface area contributed by atoms with Crippen LogP contribution in [0, 0.1) is 5.41 Å². The van der Waals surface area contributed by atoms with Crippen molar-refractivity contribution in [3.63, 3.8) is 0 Å². The van der Waals surface area contributed by atoms with E-state index < -0.39 is 25.2 Å². The third-order valence-corrected chi connectivity index (χ3v) is 3.76. The largest absolute Gasteiger partial charge is 0.471 e. The van der Waals surface area contributed by atoms with Crippen LogP contribution >= 0.6 is 7.82 Å². The normalized spacial score (nSPS) is 13.0. The number of aliphatic hydroxyl groups excluding tert-OH is 1. The molecule has 0 aliphatic rings. The second kappa shape index (κ2) is 20.7. The lowest BCUT2D eigenvalue weighted by molar-refractivity contribution is -0.137. The molecular formula is C18H43N2O7P. The highest BCUT2D eigenvalue weighted by Crippen LogP contribution is 2.43. The Bertz CT molecular complexity index is 432. The summed E-state index contributed by atoms with van der Waals surface area (Å²) in [4.78, 5) is 32.2. The topological polar surface area (TPSA) is 134 Å². The van der Waals surface area contributed by atoms with Gasteiger partial charge in [0.25, 0.3) is 0 Å². The fourth-order valence-electron chi connectivity index (χ4n) is 1.42. The van der Waals surface area contributed by atoms with Crippen LogP contribution in [0.25, 0.3) is 0 Å². The Balaban J connectivity index is -0.000000434. The summed E-state index contributed by atoms with van der Waals surface area (Å²) < 4.78 is 20.1. The van der Waals surface area contributed by atoms with Gasteiger partial charge in [0, 0.05) is 32.0 Å². The SMILES string of the molecule is CC.CC.CC.CCNC(=O)CCNC(=O)C(O)C(C)(C)COP(=O)(O)OC. The Hall–Kier alpha value is -0.990. The zero-order valence-electron chi connectivity index (χ0n) is 19.3. The van der Waals surface area contributed by atoms with Gasteiger partial charge in [-0.2, -0.15) is 0 Å². The molecule has 2 amide bonds. The van der Waals surface area contributed by atoms with Crippen LogP contribution in [0.3, 0.4) is 0 Å². The van der Waals surface area contributed by atoms with Gasteiger partial charge in [0.05, 0.1) is 6.61 Å². The Labute approximate surface area is 171 Å². The van der Waals surface area contributed by atoms with Gasteiger partial charge in [0.1, 0.15) is 6.10 Å². The predicted molar refractivity (Wildman–Crippen MR) is 113 cm³/mol. The second-order valence-corrected chi connectivity index (χ2v) is 6.87. The molecular weight excluding hydrogens is 387 g/mol. The molecule has 28 heavy (non-hydrogen) atoms. The minimum atomic E-state index is -4.18. The summed E-state index contributed by atoms with van der Waals surface area (Å²) >= 11 is 0. The third kappa shape index (κ3) is 18.4. The van der Waals surface area contributed by atoms with E-state index in [9.17, 15) is 19.3 Å². The van der Waals surface area contributed by atoms with Gasteiger partial charge in [-0.1, -0.05) is 55.4 Å². The Morgan fingerprint density at radius 3 is 1.93 bits per heavy atom. The molecule has 0 aromatic carbocycles. The number of aliphatic hydroxyl groups is 1. The maximum absolute atomic E-state index is 11.8. The molecule has 0 bridgehead atoms. The summed E-state index contributed by atoms with van der Waals surface area (Å²) in [6.45, 7) is 17.0. The number of carbonyl (C=O) groups is 2. The highest BCUT2D eigenvalue weighted by atomic mass is 31.2. The summed E-state index contributed by atoms with van der Waals surface area (Å²) in [5, 5.41) is 15.0. The molecule has 2 unspecified atom stereocenters. The van der Waals surface area contributed by atoms with Crippen molar-refractivity contribution < 1.29 is 33.2 Å². The molecule has 0 aromatic rings. The number of phosphoric acid groups is 1. The number of phosphoric ester groups is 1. The zero-order chi connectivity index (χ0) is 23.4. The number of amides is 2. The van der Waals surface area contributed by atoms with Crippen molar-refractivity contribution in [3.8, 4) is 0 Å². The van der Waals surface area contributed by atoms with E-state index >= 15 is 0 Å². The van der Waals surface area contributed by atoms with Crippen LogP contribution < -0.4 is 10.6 Å². The summed E-state index contributed by atoms with van der Waals surface area (Å²) in [7, 11) is -3.17. The highest BCUT2D eigenvalue weighted by molar-refractivity contribution is 7.47. The van der Waals surface area contributed by atoms with Crippen LogP contribution in [0.5, 0.6) is 0 Å². The van der Waals surface area contributed by atoms with E-state index in [4.69, 9.17) is 4.89 Å². The van der Waals surface area contributed by atoms with Crippen LogP contribution in [0.2, 0.25) is 0 Å². The van der Waals surface area contributed by atoms with Gasteiger partial charge in [0.15, 0.2) is 0 Å². The predicted octanol–water partition coefficient (Wildman–Crippen LogP) is 2.86. The highest BCUT2D eigenvalue weighted by Gasteiger charge is 2.36. The molecule has 4 N–H and O–H groups in total. The third-order valence-electron chi connectivity index (χ3n) is 2.84. The number of nitrogens with one attached hydrogen (secondary N) is 2. The van der Waals surface area contributed by atoms with Crippen molar-refractivity contribution in [1.82, 2.24) is 10.6 Å². The maximum atomic E-state index is 11.8. The van der Waals surface area contributed by atoms with E-state index in [1.807, 2.05) is 41.5 Å². The lowest BCUT2D eigenvalue weighted by atomic mass is 9.87. The Morgan fingerprint density at radius 1 is 1.07 bits per heavy atom. The Kier molecular flexibility index (Phi) is 25.6. The lowest BCUT2D eigenvalue weighted by Crippen LogP contribution is -2.46. The lowest BCUT2D eigenvalue weighted by Gasteiger charge is -2.29. The van der Waals surface area contributed by atoms with Crippen molar-refractivity contribution in [2.75, 3.05) is 26.8 Å². The average Bonchev–Trinajstić information content (AvgIpc) is 2.70. The van der Waals surface area contributed by atoms with Crippen molar-refractivity contribution in [2.24, 2.45) is 5.41 Å².